The van der Waals surface area contributed by atoms with Gasteiger partial charge in [-0.2, -0.15) is 0 Å². The van der Waals surface area contributed by atoms with E-state index in [4.69, 9.17) is 0 Å². The molecule has 1 unspecified atom stereocenters. The van der Waals surface area contributed by atoms with E-state index in [1.54, 1.807) is 6.92 Å². The Morgan fingerprint density at radius 2 is 2.16 bits per heavy atom. The molecule has 1 fully saturated rings. The van der Waals surface area contributed by atoms with E-state index >= 15 is 0 Å². The highest BCUT2D eigenvalue weighted by molar-refractivity contribution is 5.80. The molecule has 0 saturated carbocycles. The second-order valence-electron chi connectivity index (χ2n) is 5.50. The molecular weight excluding hydrogens is 242 g/mol. The predicted octanol–water partition coefficient (Wildman–Crippen LogP) is 1.87. The van der Waals surface area contributed by atoms with Crippen LogP contribution in [0.3, 0.4) is 0 Å². The highest BCUT2D eigenvalue weighted by Gasteiger charge is 2.41. The number of hydrogen-bond donors (Lipinski definition) is 1. The summed E-state index contributed by atoms with van der Waals surface area (Å²) in [6, 6.07) is 7.95. The number of nitrogens with zero attached hydrogens (tertiary/aromatic N) is 3. The van der Waals surface area contributed by atoms with Gasteiger partial charge in [-0.05, 0) is 25.5 Å². The molecule has 2 heterocycles. The van der Waals surface area contributed by atoms with Gasteiger partial charge in [0, 0.05) is 20.1 Å². The van der Waals surface area contributed by atoms with Crippen molar-refractivity contribution in [1.29, 1.82) is 0 Å². The Labute approximate surface area is 111 Å². The van der Waals surface area contributed by atoms with Gasteiger partial charge in [0.05, 0.1) is 16.4 Å². The average Bonchev–Trinajstić information content (AvgIpc) is 2.93. The minimum atomic E-state index is -0.728. The molecule has 1 N–H and O–H groups in total. The molecule has 0 spiro atoms. The van der Waals surface area contributed by atoms with Crippen LogP contribution in [0.2, 0.25) is 0 Å². The third kappa shape index (κ3) is 1.77. The van der Waals surface area contributed by atoms with Crippen LogP contribution < -0.4 is 4.90 Å². The number of aryl methyl sites for hydroxylation is 1. The van der Waals surface area contributed by atoms with E-state index in [-0.39, 0.29) is 0 Å². The molecule has 1 aliphatic rings. The number of rotatable bonds is 2. The maximum absolute atomic E-state index is 11.3. The van der Waals surface area contributed by atoms with E-state index in [1.807, 2.05) is 35.9 Å². The monoisotopic (exact) mass is 259 g/mol. The molecule has 5 nitrogen and oxygen atoms in total. The molecule has 3 rings (SSSR count). The largest absolute Gasteiger partial charge is 0.481 e. The first-order chi connectivity index (χ1) is 9.01. The summed E-state index contributed by atoms with van der Waals surface area (Å²) in [6.07, 6.45) is 0.658. The summed E-state index contributed by atoms with van der Waals surface area (Å²) in [4.78, 5) is 18.0. The van der Waals surface area contributed by atoms with Crippen LogP contribution in [0.5, 0.6) is 0 Å². The van der Waals surface area contributed by atoms with Crippen molar-refractivity contribution in [3.8, 4) is 0 Å². The second kappa shape index (κ2) is 3.98. The third-order valence-electron chi connectivity index (χ3n) is 4.04. The molecular formula is C14H17N3O2. The minimum Gasteiger partial charge on any atom is -0.481 e. The first-order valence-electron chi connectivity index (χ1n) is 6.41. The SMILES string of the molecule is Cn1c(N2CCC(C)(C(=O)O)C2)nc2ccccc21. The van der Waals surface area contributed by atoms with Crippen LogP contribution in [0.4, 0.5) is 5.95 Å². The number of carboxylic acids is 1. The average molecular weight is 259 g/mol. The van der Waals surface area contributed by atoms with Crippen molar-refractivity contribution in [3.05, 3.63) is 24.3 Å². The van der Waals surface area contributed by atoms with Crippen LogP contribution in [-0.2, 0) is 11.8 Å². The Bertz CT molecular complexity index is 649. The summed E-state index contributed by atoms with van der Waals surface area (Å²) < 4.78 is 2.03. The molecule has 0 radical (unpaired) electrons. The Hall–Kier alpha value is -2.04. The van der Waals surface area contributed by atoms with Crippen molar-refractivity contribution in [2.75, 3.05) is 18.0 Å². The summed E-state index contributed by atoms with van der Waals surface area (Å²) in [7, 11) is 1.97. The van der Waals surface area contributed by atoms with Crippen LogP contribution in [0.1, 0.15) is 13.3 Å². The van der Waals surface area contributed by atoms with E-state index in [9.17, 15) is 9.90 Å². The van der Waals surface area contributed by atoms with Gasteiger partial charge >= 0.3 is 5.97 Å². The highest BCUT2D eigenvalue weighted by Crippen LogP contribution is 2.33. The summed E-state index contributed by atoms with van der Waals surface area (Å²) in [5.41, 5.74) is 1.35. The normalized spacial score (nSPS) is 23.2. The zero-order valence-corrected chi connectivity index (χ0v) is 11.1. The lowest BCUT2D eigenvalue weighted by molar-refractivity contribution is -0.146. The van der Waals surface area contributed by atoms with Gasteiger partial charge < -0.3 is 14.6 Å². The standard InChI is InChI=1S/C14H17N3O2/c1-14(12(18)19)7-8-17(9-14)13-15-10-5-3-4-6-11(10)16(13)2/h3-6H,7-9H2,1-2H3,(H,18,19). The number of aliphatic carboxylic acids is 1. The van der Waals surface area contributed by atoms with Gasteiger partial charge in [-0.3, -0.25) is 4.79 Å². The Morgan fingerprint density at radius 1 is 1.42 bits per heavy atom. The first kappa shape index (κ1) is 12.0. The summed E-state index contributed by atoms with van der Waals surface area (Å²) >= 11 is 0. The Kier molecular flexibility index (Phi) is 2.52. The number of anilines is 1. The lowest BCUT2D eigenvalue weighted by Crippen LogP contribution is -2.32. The molecule has 1 aromatic heterocycles. The van der Waals surface area contributed by atoms with E-state index in [2.05, 4.69) is 9.88 Å². The number of aromatic nitrogens is 2. The summed E-state index contributed by atoms with van der Waals surface area (Å²) in [5.74, 6) is 0.125. The van der Waals surface area contributed by atoms with Gasteiger partial charge in [-0.15, -0.1) is 0 Å². The number of carbonyl (C=O) groups is 1. The zero-order chi connectivity index (χ0) is 13.6. The van der Waals surface area contributed by atoms with Crippen molar-refractivity contribution >= 4 is 23.0 Å². The molecule has 1 aromatic carbocycles. The van der Waals surface area contributed by atoms with Crippen molar-refractivity contribution in [3.63, 3.8) is 0 Å². The number of hydrogen-bond acceptors (Lipinski definition) is 3. The number of imidazole rings is 1. The molecule has 1 atom stereocenters. The lowest BCUT2D eigenvalue weighted by atomic mass is 9.90. The fraction of sp³-hybridized carbons (Fsp3) is 0.429. The lowest BCUT2D eigenvalue weighted by Gasteiger charge is -2.20. The van der Waals surface area contributed by atoms with Crippen LogP contribution in [0.15, 0.2) is 24.3 Å². The number of carboxylic acid groups (broad SMARTS) is 1. The molecule has 19 heavy (non-hydrogen) atoms. The van der Waals surface area contributed by atoms with Crippen molar-refractivity contribution in [1.82, 2.24) is 9.55 Å². The van der Waals surface area contributed by atoms with Crippen molar-refractivity contribution < 1.29 is 9.90 Å². The Morgan fingerprint density at radius 3 is 2.79 bits per heavy atom. The quantitative estimate of drug-likeness (QED) is 0.894. The van der Waals surface area contributed by atoms with Crippen LogP contribution >= 0.6 is 0 Å². The molecule has 100 valence electrons. The molecule has 0 amide bonds. The van der Waals surface area contributed by atoms with Gasteiger partial charge in [-0.1, -0.05) is 12.1 Å². The van der Waals surface area contributed by atoms with Crippen LogP contribution in [0, 0.1) is 5.41 Å². The molecule has 1 saturated heterocycles. The molecule has 1 aliphatic heterocycles. The number of benzene rings is 1. The fourth-order valence-corrected chi connectivity index (χ4v) is 2.72. The van der Waals surface area contributed by atoms with Gasteiger partial charge in [0.2, 0.25) is 5.95 Å². The van der Waals surface area contributed by atoms with Gasteiger partial charge in [-0.25, -0.2) is 4.98 Å². The zero-order valence-electron chi connectivity index (χ0n) is 11.1. The third-order valence-corrected chi connectivity index (χ3v) is 4.04. The predicted molar refractivity (Wildman–Crippen MR) is 73.3 cm³/mol. The summed E-state index contributed by atoms with van der Waals surface area (Å²) in [6.45, 7) is 3.05. The van der Waals surface area contributed by atoms with Crippen molar-refractivity contribution in [2.45, 2.75) is 13.3 Å². The molecule has 2 aromatic rings. The fourth-order valence-electron chi connectivity index (χ4n) is 2.72. The number of para-hydroxylation sites is 2. The highest BCUT2D eigenvalue weighted by atomic mass is 16.4. The van der Waals surface area contributed by atoms with E-state index in [0.717, 1.165) is 23.5 Å². The van der Waals surface area contributed by atoms with Gasteiger partial charge in [0.15, 0.2) is 0 Å². The summed E-state index contributed by atoms with van der Waals surface area (Å²) in [5, 5.41) is 9.29. The first-order valence-corrected chi connectivity index (χ1v) is 6.41. The molecule has 0 bridgehead atoms. The topological polar surface area (TPSA) is 58.4 Å². The van der Waals surface area contributed by atoms with E-state index < -0.39 is 11.4 Å². The maximum atomic E-state index is 11.3. The van der Waals surface area contributed by atoms with Crippen LogP contribution in [0.25, 0.3) is 11.0 Å². The second-order valence-corrected chi connectivity index (χ2v) is 5.50. The number of fused-ring (bicyclic) bond motifs is 1. The maximum Gasteiger partial charge on any atom is 0.311 e. The van der Waals surface area contributed by atoms with Crippen molar-refractivity contribution in [2.24, 2.45) is 12.5 Å². The van der Waals surface area contributed by atoms with Gasteiger partial charge in [0.1, 0.15) is 0 Å². The molecule has 0 aliphatic carbocycles. The van der Waals surface area contributed by atoms with E-state index in [0.29, 0.717) is 13.0 Å². The smallest absolute Gasteiger partial charge is 0.311 e. The Balaban J connectivity index is 1.98. The van der Waals surface area contributed by atoms with Crippen LogP contribution in [-0.4, -0.2) is 33.7 Å². The molecule has 5 heteroatoms. The van der Waals surface area contributed by atoms with E-state index in [1.165, 1.54) is 0 Å². The minimum absolute atomic E-state index is 0.513. The van der Waals surface area contributed by atoms with Gasteiger partial charge in [0.25, 0.3) is 0 Å².